The maximum absolute atomic E-state index is 13.9. The number of aromatic nitrogens is 2. The molecule has 0 bridgehead atoms. The van der Waals surface area contributed by atoms with E-state index >= 15 is 0 Å². The molecular weight excluding hydrogens is 599 g/mol. The molecule has 17 heteroatoms. The number of hydrogen-bond donors (Lipinski definition) is 2. The highest BCUT2D eigenvalue weighted by Crippen LogP contribution is 3.02. The summed E-state index contributed by atoms with van der Waals surface area (Å²) in [6.07, 6.45) is -1.03. The Hall–Kier alpha value is -3.61. The fraction of sp³-hybridized carbons (Fsp3) is 0.182. The van der Waals surface area contributed by atoms with E-state index in [9.17, 15) is 38.7 Å². The Morgan fingerprint density at radius 2 is 1.74 bits per heavy atom. The first kappa shape index (κ1) is 28.4. The monoisotopic (exact) mass is 613 g/mol. The number of nitriles is 1. The average Bonchev–Trinajstić information content (AvgIpc) is 3.54. The van der Waals surface area contributed by atoms with E-state index in [1.165, 1.54) is 18.2 Å². The maximum atomic E-state index is 13.9. The predicted octanol–water partition coefficient (Wildman–Crippen LogP) is 7.11. The molecule has 4 rings (SSSR count). The van der Waals surface area contributed by atoms with Crippen molar-refractivity contribution < 1.29 is 38.1 Å². The van der Waals surface area contributed by atoms with Gasteiger partial charge < -0.3 is 10.5 Å². The highest BCUT2D eigenvalue weighted by Gasteiger charge is 2.65. The van der Waals surface area contributed by atoms with Crippen LogP contribution in [0.15, 0.2) is 41.3 Å². The molecule has 1 aromatic heterocycles. The highest BCUT2D eigenvalue weighted by atomic mass is 35.5. The van der Waals surface area contributed by atoms with E-state index in [-0.39, 0.29) is 36.1 Å². The van der Waals surface area contributed by atoms with Crippen molar-refractivity contribution in [2.24, 2.45) is 5.73 Å². The van der Waals surface area contributed by atoms with Crippen LogP contribution in [0.1, 0.15) is 29.7 Å². The van der Waals surface area contributed by atoms with Gasteiger partial charge in [0.05, 0.1) is 15.5 Å². The van der Waals surface area contributed by atoms with Crippen molar-refractivity contribution in [3.05, 3.63) is 69.1 Å². The summed E-state index contributed by atoms with van der Waals surface area (Å²) >= 11 is 11.9. The molecule has 0 saturated heterocycles. The van der Waals surface area contributed by atoms with E-state index in [1.54, 1.807) is 6.07 Å². The number of amides is 2. The SMILES string of the molecule is N#Cc1nn(-c2c(Cl)cc(S(F)(F)(F)(F)F)cc2Cl)c(NC(=O)OCc2ccccc2F)c1C1(C(N)=O)CC1. The van der Waals surface area contributed by atoms with Gasteiger partial charge in [0.15, 0.2) is 5.69 Å². The molecule has 2 amide bonds. The van der Waals surface area contributed by atoms with Gasteiger partial charge >= 0.3 is 16.3 Å². The summed E-state index contributed by atoms with van der Waals surface area (Å²) in [5, 5.41) is 13.9. The summed E-state index contributed by atoms with van der Waals surface area (Å²) in [5.41, 5.74) is 2.68. The Labute approximate surface area is 225 Å². The summed E-state index contributed by atoms with van der Waals surface area (Å²) in [6.45, 7) is -0.561. The van der Waals surface area contributed by atoms with E-state index in [1.807, 2.05) is 0 Å². The Balaban J connectivity index is 1.85. The smallest absolute Gasteiger partial charge is 0.413 e. The molecule has 0 radical (unpaired) electrons. The van der Waals surface area contributed by atoms with E-state index in [2.05, 4.69) is 10.4 Å². The average molecular weight is 614 g/mol. The number of benzene rings is 2. The molecule has 39 heavy (non-hydrogen) atoms. The number of nitrogens with two attached hydrogens (primary N) is 1. The fourth-order valence-corrected chi connectivity index (χ4v) is 5.29. The molecular formula is C22H15Cl2F6N5O3S. The molecule has 0 spiro atoms. The molecule has 1 aliphatic carbocycles. The van der Waals surface area contributed by atoms with Gasteiger partial charge in [0.25, 0.3) is 0 Å². The van der Waals surface area contributed by atoms with E-state index in [0.29, 0.717) is 4.68 Å². The lowest BCUT2D eigenvalue weighted by atomic mass is 9.94. The van der Waals surface area contributed by atoms with Gasteiger partial charge in [-0.15, -0.1) is 0 Å². The zero-order valence-corrected chi connectivity index (χ0v) is 21.5. The van der Waals surface area contributed by atoms with Crippen LogP contribution in [0.25, 0.3) is 5.69 Å². The van der Waals surface area contributed by atoms with Crippen molar-refractivity contribution in [2.45, 2.75) is 29.8 Å². The molecule has 208 valence electrons. The topological polar surface area (TPSA) is 123 Å². The lowest BCUT2D eigenvalue weighted by Crippen LogP contribution is -2.30. The third-order valence-electron chi connectivity index (χ3n) is 5.88. The zero-order chi connectivity index (χ0) is 29.0. The Kier molecular flexibility index (Phi) is 6.33. The first-order valence-electron chi connectivity index (χ1n) is 10.6. The van der Waals surface area contributed by atoms with Crippen molar-refractivity contribution in [1.29, 1.82) is 5.26 Å². The van der Waals surface area contributed by atoms with Crippen LogP contribution in [0.3, 0.4) is 0 Å². The van der Waals surface area contributed by atoms with Gasteiger partial charge in [0.1, 0.15) is 34.9 Å². The second-order valence-corrected chi connectivity index (χ2v) is 11.8. The largest absolute Gasteiger partial charge is 0.444 e. The Morgan fingerprint density at radius 1 is 1.15 bits per heavy atom. The minimum absolute atomic E-state index is 0.00688. The lowest BCUT2D eigenvalue weighted by molar-refractivity contribution is -0.120. The van der Waals surface area contributed by atoms with Crippen molar-refractivity contribution in [2.75, 3.05) is 5.32 Å². The Bertz CT molecular complexity index is 1560. The van der Waals surface area contributed by atoms with Gasteiger partial charge in [-0.3, -0.25) is 10.1 Å². The van der Waals surface area contributed by atoms with Crippen molar-refractivity contribution in [3.63, 3.8) is 0 Å². The molecule has 2 aromatic carbocycles. The number of carbonyl (C=O) groups is 2. The number of hydrogen-bond acceptors (Lipinski definition) is 5. The molecule has 3 aromatic rings. The van der Waals surface area contributed by atoms with Crippen molar-refractivity contribution >= 4 is 51.2 Å². The van der Waals surface area contributed by atoms with Crippen molar-refractivity contribution in [1.82, 2.24) is 9.78 Å². The molecule has 0 unspecified atom stereocenters. The van der Waals surface area contributed by atoms with Gasteiger partial charge in [0.2, 0.25) is 5.91 Å². The summed E-state index contributed by atoms with van der Waals surface area (Å²) in [5.74, 6) is -2.09. The number of rotatable bonds is 7. The summed E-state index contributed by atoms with van der Waals surface area (Å²) in [4.78, 5) is 22.6. The molecule has 1 aliphatic rings. The number of halogens is 8. The summed E-state index contributed by atoms with van der Waals surface area (Å²) < 4.78 is 86.5. The fourth-order valence-electron chi connectivity index (χ4n) is 3.83. The molecule has 1 heterocycles. The molecule has 8 nitrogen and oxygen atoms in total. The molecule has 1 saturated carbocycles. The predicted molar refractivity (Wildman–Crippen MR) is 130 cm³/mol. The van der Waals surface area contributed by atoms with E-state index in [0.717, 1.165) is 6.07 Å². The minimum Gasteiger partial charge on any atom is -0.444 e. The maximum Gasteiger partial charge on any atom is 0.413 e. The number of nitrogens with one attached hydrogen (secondary N) is 1. The van der Waals surface area contributed by atoms with Gasteiger partial charge in [-0.1, -0.05) is 60.8 Å². The zero-order valence-electron chi connectivity index (χ0n) is 19.2. The Morgan fingerprint density at radius 3 is 2.23 bits per heavy atom. The normalized spacial score (nSPS) is 16.0. The van der Waals surface area contributed by atoms with Crippen LogP contribution in [0.5, 0.6) is 0 Å². The summed E-state index contributed by atoms with van der Waals surface area (Å²) in [7, 11) is -10.2. The first-order chi connectivity index (χ1) is 17.9. The second kappa shape index (κ2) is 8.70. The van der Waals surface area contributed by atoms with Crippen LogP contribution in [0, 0.1) is 17.1 Å². The van der Waals surface area contributed by atoms with Crippen molar-refractivity contribution in [3.8, 4) is 11.8 Å². The van der Waals surface area contributed by atoms with Gasteiger partial charge in [-0.05, 0) is 31.0 Å². The van der Waals surface area contributed by atoms with Crippen LogP contribution in [0.4, 0.5) is 34.4 Å². The highest BCUT2D eigenvalue weighted by molar-refractivity contribution is 8.45. The van der Waals surface area contributed by atoms with Gasteiger partial charge in [0, 0.05) is 11.1 Å². The first-order valence-corrected chi connectivity index (χ1v) is 13.3. The third kappa shape index (κ3) is 5.45. The number of nitrogens with zero attached hydrogens (tertiary/aromatic N) is 3. The molecule has 1 fully saturated rings. The number of carbonyl (C=O) groups excluding carboxylic acids is 2. The van der Waals surface area contributed by atoms with Crippen LogP contribution < -0.4 is 11.1 Å². The van der Waals surface area contributed by atoms with E-state index < -0.39 is 72.2 Å². The van der Waals surface area contributed by atoms with Crippen LogP contribution in [0.2, 0.25) is 10.0 Å². The van der Waals surface area contributed by atoms with Gasteiger partial charge in [-0.25, -0.2) is 13.9 Å². The van der Waals surface area contributed by atoms with Crippen LogP contribution in [-0.4, -0.2) is 21.8 Å². The number of ether oxygens (including phenoxy) is 1. The quantitative estimate of drug-likeness (QED) is 0.275. The molecule has 0 aliphatic heterocycles. The lowest BCUT2D eigenvalue weighted by Gasteiger charge is -2.40. The number of primary amides is 1. The minimum atomic E-state index is -10.2. The third-order valence-corrected chi connectivity index (χ3v) is 7.58. The second-order valence-electron chi connectivity index (χ2n) is 8.54. The molecule has 3 N–H and O–H groups in total. The van der Waals surface area contributed by atoms with Crippen LogP contribution in [-0.2, 0) is 21.6 Å². The summed E-state index contributed by atoms with van der Waals surface area (Å²) in [6, 6.07) is 6.86. The molecule has 0 atom stereocenters. The number of anilines is 1. The van der Waals surface area contributed by atoms with Crippen LogP contribution >= 0.6 is 33.4 Å². The van der Waals surface area contributed by atoms with E-state index in [4.69, 9.17) is 33.7 Å². The van der Waals surface area contributed by atoms with Gasteiger partial charge in [-0.2, -0.15) is 10.4 Å². The standard InChI is InChI=1S/C22H15Cl2F6N5O3S/c23-13-7-12(39(26,27,28,29)30)8-14(24)18(13)35-19(17(16(9-31)34-35)22(5-6-22)20(32)36)33-21(37)38-10-11-3-1-2-4-15(11)25/h1-4,7-8H,5-6,10H2,(H2,32,36)(H,33,37).